The molecule has 0 spiro atoms. The van der Waals surface area contributed by atoms with E-state index in [1.807, 2.05) is 18.2 Å². The molecule has 0 N–H and O–H groups in total. The average Bonchev–Trinajstić information content (AvgIpc) is 2.56. The standard InChI is InChI=1S/C16H22ClNO/c1-16(2)8-7-13(15(16)19)11-18(3)10-12-5-4-6-14(17)9-12/h4-6,9,13H,7-8,10-11H2,1-3H3. The number of Topliss-reactive ketones (excluding diaryl/α,β-unsaturated/α-hetero) is 1. The van der Waals surface area contributed by atoms with Gasteiger partial charge in [0.2, 0.25) is 0 Å². The Morgan fingerprint density at radius 3 is 2.74 bits per heavy atom. The Kier molecular flexibility index (Phi) is 4.32. The van der Waals surface area contributed by atoms with Gasteiger partial charge in [0, 0.05) is 29.4 Å². The van der Waals surface area contributed by atoms with Gasteiger partial charge >= 0.3 is 0 Å². The van der Waals surface area contributed by atoms with Gasteiger partial charge in [-0.25, -0.2) is 0 Å². The Balaban J connectivity index is 1.92. The molecule has 19 heavy (non-hydrogen) atoms. The molecule has 1 atom stereocenters. The van der Waals surface area contributed by atoms with E-state index in [9.17, 15) is 4.79 Å². The number of carbonyl (C=O) groups excluding carboxylic acids is 1. The number of rotatable bonds is 4. The molecule has 0 saturated heterocycles. The van der Waals surface area contributed by atoms with Crippen molar-refractivity contribution in [3.05, 3.63) is 34.9 Å². The predicted octanol–water partition coefficient (Wildman–Crippen LogP) is 3.78. The van der Waals surface area contributed by atoms with Crippen molar-refractivity contribution in [3.63, 3.8) is 0 Å². The molecule has 2 nitrogen and oxygen atoms in total. The molecule has 0 aromatic heterocycles. The third-order valence-corrected chi connectivity index (χ3v) is 4.26. The highest BCUT2D eigenvalue weighted by Crippen LogP contribution is 2.37. The summed E-state index contributed by atoms with van der Waals surface area (Å²) in [5.41, 5.74) is 1.07. The van der Waals surface area contributed by atoms with Gasteiger partial charge in [-0.3, -0.25) is 4.79 Å². The number of hydrogen-bond acceptors (Lipinski definition) is 2. The van der Waals surface area contributed by atoms with E-state index in [0.29, 0.717) is 5.78 Å². The van der Waals surface area contributed by atoms with Crippen LogP contribution in [0.25, 0.3) is 0 Å². The van der Waals surface area contributed by atoms with Crippen LogP contribution in [-0.4, -0.2) is 24.3 Å². The minimum atomic E-state index is -0.123. The van der Waals surface area contributed by atoms with Gasteiger partial charge in [0.05, 0.1) is 0 Å². The fourth-order valence-electron chi connectivity index (χ4n) is 2.90. The SMILES string of the molecule is CN(Cc1cccc(Cl)c1)CC1CCC(C)(C)C1=O. The normalized spacial score (nSPS) is 22.2. The lowest BCUT2D eigenvalue weighted by Gasteiger charge is -2.22. The molecule has 1 aromatic rings. The van der Waals surface area contributed by atoms with Gasteiger partial charge in [-0.05, 0) is 37.6 Å². The molecule has 0 aliphatic heterocycles. The molecule has 1 aliphatic carbocycles. The van der Waals surface area contributed by atoms with Gasteiger partial charge < -0.3 is 4.90 Å². The first-order valence-corrected chi connectivity index (χ1v) is 7.23. The molecule has 104 valence electrons. The predicted molar refractivity (Wildman–Crippen MR) is 79.3 cm³/mol. The Bertz CT molecular complexity index is 470. The Morgan fingerprint density at radius 2 is 2.16 bits per heavy atom. The molecule has 0 amide bonds. The summed E-state index contributed by atoms with van der Waals surface area (Å²) in [7, 11) is 2.07. The van der Waals surface area contributed by atoms with E-state index in [4.69, 9.17) is 11.6 Å². The van der Waals surface area contributed by atoms with Crippen molar-refractivity contribution in [2.75, 3.05) is 13.6 Å². The summed E-state index contributed by atoms with van der Waals surface area (Å²) in [5.74, 6) is 0.615. The maximum absolute atomic E-state index is 12.2. The maximum Gasteiger partial charge on any atom is 0.142 e. The van der Waals surface area contributed by atoms with Gasteiger partial charge in [0.25, 0.3) is 0 Å². The van der Waals surface area contributed by atoms with Crippen LogP contribution >= 0.6 is 11.6 Å². The summed E-state index contributed by atoms with van der Waals surface area (Å²) in [5, 5.41) is 0.768. The van der Waals surface area contributed by atoms with Crippen LogP contribution in [0.4, 0.5) is 0 Å². The molecule has 2 rings (SSSR count). The second kappa shape index (κ2) is 5.64. The largest absolute Gasteiger partial charge is 0.301 e. The molecule has 1 aliphatic rings. The maximum atomic E-state index is 12.2. The third-order valence-electron chi connectivity index (χ3n) is 4.03. The Hall–Kier alpha value is -0.860. The van der Waals surface area contributed by atoms with Crippen LogP contribution in [0, 0.1) is 11.3 Å². The second-order valence-corrected chi connectivity index (χ2v) is 6.75. The van der Waals surface area contributed by atoms with Gasteiger partial charge in [-0.15, -0.1) is 0 Å². The van der Waals surface area contributed by atoms with E-state index in [-0.39, 0.29) is 11.3 Å². The van der Waals surface area contributed by atoms with Crippen LogP contribution in [0.15, 0.2) is 24.3 Å². The molecule has 1 fully saturated rings. The van der Waals surface area contributed by atoms with Crippen molar-refractivity contribution in [1.82, 2.24) is 4.90 Å². The Morgan fingerprint density at radius 1 is 1.42 bits per heavy atom. The van der Waals surface area contributed by atoms with Crippen molar-refractivity contribution >= 4 is 17.4 Å². The number of carbonyl (C=O) groups is 1. The van der Waals surface area contributed by atoms with Crippen LogP contribution in [0.2, 0.25) is 5.02 Å². The van der Waals surface area contributed by atoms with Gasteiger partial charge in [-0.1, -0.05) is 37.6 Å². The van der Waals surface area contributed by atoms with Gasteiger partial charge in [0.1, 0.15) is 5.78 Å². The van der Waals surface area contributed by atoms with E-state index in [0.717, 1.165) is 31.0 Å². The van der Waals surface area contributed by atoms with E-state index in [1.165, 1.54) is 5.56 Å². The monoisotopic (exact) mass is 279 g/mol. The van der Waals surface area contributed by atoms with Gasteiger partial charge in [-0.2, -0.15) is 0 Å². The summed E-state index contributed by atoms with van der Waals surface area (Å²) in [4.78, 5) is 14.4. The van der Waals surface area contributed by atoms with Crippen molar-refractivity contribution in [2.45, 2.75) is 33.2 Å². The first kappa shape index (κ1) is 14.5. The summed E-state index contributed by atoms with van der Waals surface area (Å²) in [6.07, 6.45) is 2.03. The lowest BCUT2D eigenvalue weighted by molar-refractivity contribution is -0.127. The molecule has 0 radical (unpaired) electrons. The summed E-state index contributed by atoms with van der Waals surface area (Å²) >= 11 is 5.99. The van der Waals surface area contributed by atoms with Crippen LogP contribution in [-0.2, 0) is 11.3 Å². The topological polar surface area (TPSA) is 20.3 Å². The molecule has 1 aromatic carbocycles. The molecular formula is C16H22ClNO. The van der Waals surface area contributed by atoms with E-state index in [1.54, 1.807) is 0 Å². The smallest absolute Gasteiger partial charge is 0.142 e. The van der Waals surface area contributed by atoms with Crippen molar-refractivity contribution in [2.24, 2.45) is 11.3 Å². The lowest BCUT2D eigenvalue weighted by Crippen LogP contribution is -2.31. The Labute approximate surface area is 120 Å². The molecule has 0 bridgehead atoms. The van der Waals surface area contributed by atoms with Crippen molar-refractivity contribution < 1.29 is 4.79 Å². The third kappa shape index (κ3) is 3.58. The molecule has 1 saturated carbocycles. The highest BCUT2D eigenvalue weighted by molar-refractivity contribution is 6.30. The quantitative estimate of drug-likeness (QED) is 0.836. The fraction of sp³-hybridized carbons (Fsp3) is 0.562. The van der Waals surface area contributed by atoms with Crippen LogP contribution < -0.4 is 0 Å². The van der Waals surface area contributed by atoms with E-state index in [2.05, 4.69) is 31.9 Å². The number of halogens is 1. The fourth-order valence-corrected chi connectivity index (χ4v) is 3.12. The zero-order valence-electron chi connectivity index (χ0n) is 11.9. The van der Waals surface area contributed by atoms with E-state index < -0.39 is 0 Å². The highest BCUT2D eigenvalue weighted by atomic mass is 35.5. The molecule has 3 heteroatoms. The number of hydrogen-bond donors (Lipinski definition) is 0. The second-order valence-electron chi connectivity index (χ2n) is 6.31. The highest BCUT2D eigenvalue weighted by Gasteiger charge is 2.40. The molecule has 1 unspecified atom stereocenters. The minimum Gasteiger partial charge on any atom is -0.301 e. The van der Waals surface area contributed by atoms with Gasteiger partial charge in [0.15, 0.2) is 0 Å². The first-order chi connectivity index (χ1) is 8.88. The zero-order chi connectivity index (χ0) is 14.0. The van der Waals surface area contributed by atoms with Crippen LogP contribution in [0.5, 0.6) is 0 Å². The number of nitrogens with zero attached hydrogens (tertiary/aromatic N) is 1. The summed E-state index contributed by atoms with van der Waals surface area (Å²) in [6, 6.07) is 7.91. The van der Waals surface area contributed by atoms with Crippen LogP contribution in [0.3, 0.4) is 0 Å². The minimum absolute atomic E-state index is 0.123. The molecule has 0 heterocycles. The van der Waals surface area contributed by atoms with Crippen molar-refractivity contribution in [1.29, 1.82) is 0 Å². The number of benzene rings is 1. The lowest BCUT2D eigenvalue weighted by atomic mass is 9.89. The van der Waals surface area contributed by atoms with Crippen molar-refractivity contribution in [3.8, 4) is 0 Å². The average molecular weight is 280 g/mol. The summed E-state index contributed by atoms with van der Waals surface area (Å²) in [6.45, 7) is 5.80. The van der Waals surface area contributed by atoms with Crippen LogP contribution in [0.1, 0.15) is 32.3 Å². The molecular weight excluding hydrogens is 258 g/mol. The first-order valence-electron chi connectivity index (χ1n) is 6.86. The zero-order valence-corrected chi connectivity index (χ0v) is 12.7. The number of ketones is 1. The van der Waals surface area contributed by atoms with E-state index >= 15 is 0 Å². The summed E-state index contributed by atoms with van der Waals surface area (Å²) < 4.78 is 0.